The summed E-state index contributed by atoms with van der Waals surface area (Å²) in [6.45, 7) is 3.17. The van der Waals surface area contributed by atoms with Gasteiger partial charge in [-0.25, -0.2) is 0 Å². The first-order chi connectivity index (χ1) is 9.50. The monoisotopic (exact) mass is 296 g/mol. The zero-order chi connectivity index (χ0) is 14.7. The Labute approximate surface area is 122 Å². The van der Waals surface area contributed by atoms with E-state index in [4.69, 9.17) is 11.6 Å². The van der Waals surface area contributed by atoms with Crippen LogP contribution in [-0.4, -0.2) is 34.2 Å². The summed E-state index contributed by atoms with van der Waals surface area (Å²) in [5.74, 6) is 0.143. The van der Waals surface area contributed by atoms with Gasteiger partial charge in [-0.3, -0.25) is 14.9 Å². The number of nitrogens with zero attached hydrogens (tertiary/aromatic N) is 2. The summed E-state index contributed by atoms with van der Waals surface area (Å²) >= 11 is 6.07. The van der Waals surface area contributed by atoms with E-state index in [1.54, 1.807) is 17.0 Å². The lowest BCUT2D eigenvalue weighted by Gasteiger charge is -2.33. The Morgan fingerprint density at radius 2 is 2.00 bits per heavy atom. The first-order valence-electron chi connectivity index (χ1n) is 6.67. The number of benzene rings is 1. The Morgan fingerprint density at radius 1 is 1.40 bits per heavy atom. The predicted octanol–water partition coefficient (Wildman–Crippen LogP) is 3.07. The van der Waals surface area contributed by atoms with Gasteiger partial charge in [0.15, 0.2) is 0 Å². The molecule has 1 saturated heterocycles. The number of nitro groups is 1. The molecule has 20 heavy (non-hydrogen) atoms. The fraction of sp³-hybridized carbons (Fsp3) is 0.500. The van der Waals surface area contributed by atoms with Gasteiger partial charge in [0.1, 0.15) is 5.56 Å². The fourth-order valence-corrected chi connectivity index (χ4v) is 2.80. The van der Waals surface area contributed by atoms with Crippen molar-refractivity contribution in [3.8, 4) is 0 Å². The fourth-order valence-electron chi connectivity index (χ4n) is 2.55. The number of carbonyl (C=O) groups is 1. The van der Waals surface area contributed by atoms with Crippen molar-refractivity contribution in [2.75, 3.05) is 13.1 Å². The molecule has 2 rings (SSSR count). The summed E-state index contributed by atoms with van der Waals surface area (Å²) in [6, 6.07) is 6.09. The Morgan fingerprint density at radius 3 is 2.55 bits per heavy atom. The van der Waals surface area contributed by atoms with Crippen LogP contribution in [0.2, 0.25) is 0 Å². The normalized spacial score (nSPS) is 17.8. The molecule has 0 saturated carbocycles. The molecule has 0 bridgehead atoms. The second kappa shape index (κ2) is 6.22. The van der Waals surface area contributed by atoms with Crippen LogP contribution in [-0.2, 0) is 0 Å². The number of piperidine rings is 1. The maximum absolute atomic E-state index is 12.4. The minimum absolute atomic E-state index is 0.0957. The third kappa shape index (κ3) is 3.10. The van der Waals surface area contributed by atoms with Crippen LogP contribution in [0.15, 0.2) is 24.3 Å². The largest absolute Gasteiger partial charge is 0.338 e. The Kier molecular flexibility index (Phi) is 4.60. The van der Waals surface area contributed by atoms with E-state index in [-0.39, 0.29) is 22.5 Å². The highest BCUT2D eigenvalue weighted by atomic mass is 35.5. The summed E-state index contributed by atoms with van der Waals surface area (Å²) in [5, 5.41) is 11.1. The van der Waals surface area contributed by atoms with Gasteiger partial charge >= 0.3 is 0 Å². The van der Waals surface area contributed by atoms with Gasteiger partial charge in [-0.2, -0.15) is 0 Å². The van der Waals surface area contributed by atoms with E-state index in [2.05, 4.69) is 0 Å². The highest BCUT2D eigenvalue weighted by Gasteiger charge is 2.29. The molecule has 108 valence electrons. The van der Waals surface area contributed by atoms with E-state index >= 15 is 0 Å². The van der Waals surface area contributed by atoms with Crippen molar-refractivity contribution >= 4 is 23.2 Å². The van der Waals surface area contributed by atoms with Gasteiger partial charge in [0.2, 0.25) is 0 Å². The molecule has 1 aromatic rings. The second-order valence-corrected chi connectivity index (χ2v) is 5.77. The number of rotatable bonds is 3. The van der Waals surface area contributed by atoms with Crippen LogP contribution >= 0.6 is 11.6 Å². The van der Waals surface area contributed by atoms with Gasteiger partial charge in [0.05, 0.1) is 4.92 Å². The molecule has 1 amide bonds. The number of amides is 1. The molecule has 1 aromatic carbocycles. The summed E-state index contributed by atoms with van der Waals surface area (Å²) in [4.78, 5) is 24.5. The molecule has 1 fully saturated rings. The maximum atomic E-state index is 12.4. The van der Waals surface area contributed by atoms with Gasteiger partial charge in [-0.1, -0.05) is 12.1 Å². The molecule has 0 radical (unpaired) electrons. The van der Waals surface area contributed by atoms with Gasteiger partial charge < -0.3 is 4.90 Å². The van der Waals surface area contributed by atoms with Crippen LogP contribution < -0.4 is 0 Å². The number of para-hydroxylation sites is 1. The Hall–Kier alpha value is -1.62. The number of carbonyl (C=O) groups excluding carboxylic acids is 1. The summed E-state index contributed by atoms with van der Waals surface area (Å²) in [5.41, 5.74) is 0.0280. The topological polar surface area (TPSA) is 63.5 Å². The van der Waals surface area contributed by atoms with E-state index in [9.17, 15) is 14.9 Å². The number of halogens is 1. The first-order valence-corrected chi connectivity index (χ1v) is 7.11. The first kappa shape index (κ1) is 14.8. The van der Waals surface area contributed by atoms with Gasteiger partial charge in [-0.05, 0) is 31.7 Å². The standard InChI is InChI=1S/C14H17ClN2O3/c1-10(15)11-6-8-16(9-7-11)14(18)12-4-2-3-5-13(12)17(19)20/h2-5,10-11H,6-9H2,1H3. The quantitative estimate of drug-likeness (QED) is 0.489. The summed E-state index contributed by atoms with van der Waals surface area (Å²) < 4.78 is 0. The lowest BCUT2D eigenvalue weighted by Crippen LogP contribution is -2.40. The third-order valence-electron chi connectivity index (χ3n) is 3.81. The number of likely N-dealkylation sites (tertiary alicyclic amines) is 1. The zero-order valence-electron chi connectivity index (χ0n) is 11.3. The van der Waals surface area contributed by atoms with Crippen LogP contribution in [0.1, 0.15) is 30.1 Å². The van der Waals surface area contributed by atoms with Crippen LogP contribution in [0, 0.1) is 16.0 Å². The molecule has 0 spiro atoms. The molecule has 1 aliphatic heterocycles. The van der Waals surface area contributed by atoms with Crippen molar-refractivity contribution < 1.29 is 9.72 Å². The lowest BCUT2D eigenvalue weighted by molar-refractivity contribution is -0.385. The molecule has 6 heteroatoms. The number of hydrogen-bond acceptors (Lipinski definition) is 3. The second-order valence-electron chi connectivity index (χ2n) is 5.08. The summed E-state index contributed by atoms with van der Waals surface area (Å²) in [7, 11) is 0. The minimum atomic E-state index is -0.513. The van der Waals surface area contributed by atoms with E-state index in [0.717, 1.165) is 12.8 Å². The summed E-state index contributed by atoms with van der Waals surface area (Å²) in [6.07, 6.45) is 1.69. The van der Waals surface area contributed by atoms with E-state index in [0.29, 0.717) is 19.0 Å². The molecular formula is C14H17ClN2O3. The average Bonchev–Trinajstić information content (AvgIpc) is 2.46. The van der Waals surface area contributed by atoms with E-state index < -0.39 is 4.92 Å². The van der Waals surface area contributed by atoms with Crippen molar-refractivity contribution in [3.05, 3.63) is 39.9 Å². The van der Waals surface area contributed by atoms with Crippen LogP contribution in [0.4, 0.5) is 5.69 Å². The minimum Gasteiger partial charge on any atom is -0.338 e. The van der Waals surface area contributed by atoms with Crippen LogP contribution in [0.25, 0.3) is 0 Å². The molecule has 0 N–H and O–H groups in total. The van der Waals surface area contributed by atoms with E-state index in [1.165, 1.54) is 12.1 Å². The SMILES string of the molecule is CC(Cl)C1CCN(C(=O)c2ccccc2[N+](=O)[O-])CC1. The highest BCUT2D eigenvalue weighted by molar-refractivity contribution is 6.20. The lowest BCUT2D eigenvalue weighted by atomic mass is 9.93. The third-order valence-corrected chi connectivity index (χ3v) is 4.16. The molecule has 0 aliphatic carbocycles. The highest BCUT2D eigenvalue weighted by Crippen LogP contribution is 2.26. The molecule has 1 unspecified atom stereocenters. The van der Waals surface area contributed by atoms with Crippen molar-refractivity contribution in [1.82, 2.24) is 4.90 Å². The van der Waals surface area contributed by atoms with Crippen LogP contribution in [0.3, 0.4) is 0 Å². The van der Waals surface area contributed by atoms with Crippen LogP contribution in [0.5, 0.6) is 0 Å². The Bertz CT molecular complexity index is 511. The zero-order valence-corrected chi connectivity index (χ0v) is 12.0. The van der Waals surface area contributed by atoms with Gasteiger partial charge in [-0.15, -0.1) is 11.6 Å². The average molecular weight is 297 g/mol. The molecular weight excluding hydrogens is 280 g/mol. The van der Waals surface area contributed by atoms with E-state index in [1.807, 2.05) is 6.92 Å². The van der Waals surface area contributed by atoms with Crippen molar-refractivity contribution in [1.29, 1.82) is 0 Å². The van der Waals surface area contributed by atoms with Crippen molar-refractivity contribution in [3.63, 3.8) is 0 Å². The van der Waals surface area contributed by atoms with Gasteiger partial charge in [0, 0.05) is 24.5 Å². The molecule has 1 heterocycles. The van der Waals surface area contributed by atoms with Crippen molar-refractivity contribution in [2.24, 2.45) is 5.92 Å². The van der Waals surface area contributed by atoms with Crippen molar-refractivity contribution in [2.45, 2.75) is 25.1 Å². The molecule has 0 aromatic heterocycles. The maximum Gasteiger partial charge on any atom is 0.282 e. The Balaban J connectivity index is 2.12. The smallest absolute Gasteiger partial charge is 0.282 e. The molecule has 1 aliphatic rings. The molecule has 5 nitrogen and oxygen atoms in total. The predicted molar refractivity (Wildman–Crippen MR) is 77.0 cm³/mol. The number of nitro benzene ring substituents is 1. The van der Waals surface area contributed by atoms with Gasteiger partial charge in [0.25, 0.3) is 11.6 Å². The molecule has 1 atom stereocenters. The number of hydrogen-bond donors (Lipinski definition) is 0. The number of alkyl halides is 1.